The maximum absolute atomic E-state index is 11.4. The van der Waals surface area contributed by atoms with Crippen LogP contribution in [-0.2, 0) is 16.0 Å². The third kappa shape index (κ3) is 2.27. The van der Waals surface area contributed by atoms with Crippen molar-refractivity contribution in [3.8, 4) is 0 Å². The Morgan fingerprint density at radius 3 is 2.70 bits per heavy atom. The van der Waals surface area contributed by atoms with Gasteiger partial charge in [0, 0.05) is 16.8 Å². The van der Waals surface area contributed by atoms with Gasteiger partial charge in [0.05, 0.1) is 24.9 Å². The molecule has 0 aliphatic carbocycles. The van der Waals surface area contributed by atoms with E-state index in [1.807, 2.05) is 12.1 Å². The smallest absolute Gasteiger partial charge is 0.309 e. The van der Waals surface area contributed by atoms with Crippen LogP contribution < -0.4 is 4.90 Å². The lowest BCUT2D eigenvalue weighted by atomic mass is 10.1. The predicted molar refractivity (Wildman–Crippen MR) is 80.8 cm³/mol. The van der Waals surface area contributed by atoms with E-state index in [0.29, 0.717) is 6.42 Å². The number of benzene rings is 2. The number of rotatable bonds is 2. The molecule has 1 aliphatic rings. The lowest BCUT2D eigenvalue weighted by molar-refractivity contribution is -0.139. The molecule has 2 aromatic carbocycles. The fraction of sp³-hybridized carbons (Fsp3) is 0.188. The maximum Gasteiger partial charge on any atom is 0.309 e. The summed E-state index contributed by atoms with van der Waals surface area (Å²) >= 11 is 1.76. The summed E-state index contributed by atoms with van der Waals surface area (Å²) in [7, 11) is 3.47. The molecule has 4 heteroatoms. The van der Waals surface area contributed by atoms with Crippen LogP contribution in [0.5, 0.6) is 0 Å². The summed E-state index contributed by atoms with van der Waals surface area (Å²) in [4.78, 5) is 16.0. The molecule has 20 heavy (non-hydrogen) atoms. The van der Waals surface area contributed by atoms with Crippen molar-refractivity contribution in [2.45, 2.75) is 16.2 Å². The number of ether oxygens (including phenoxy) is 1. The van der Waals surface area contributed by atoms with Gasteiger partial charge in [0.25, 0.3) is 0 Å². The zero-order chi connectivity index (χ0) is 14.1. The zero-order valence-corrected chi connectivity index (χ0v) is 12.2. The van der Waals surface area contributed by atoms with Crippen LogP contribution in [0.2, 0.25) is 0 Å². The molecular weight excluding hydrogens is 270 g/mol. The number of hydrogen-bond acceptors (Lipinski definition) is 4. The molecule has 2 aromatic rings. The molecular formula is C16H15NO2S. The Morgan fingerprint density at radius 1 is 1.15 bits per heavy atom. The SMILES string of the molecule is COC(=O)Cc1ccc2c(c1)N(C)c1ccccc1S2. The summed E-state index contributed by atoms with van der Waals surface area (Å²) in [6.07, 6.45) is 0.309. The summed E-state index contributed by atoms with van der Waals surface area (Å²) in [5.74, 6) is -0.212. The molecule has 1 aliphatic heterocycles. The highest BCUT2D eigenvalue weighted by Crippen LogP contribution is 2.47. The Kier molecular flexibility index (Phi) is 3.40. The average molecular weight is 285 g/mol. The first-order valence-corrected chi connectivity index (χ1v) is 7.21. The molecule has 102 valence electrons. The highest BCUT2D eigenvalue weighted by atomic mass is 32.2. The highest BCUT2D eigenvalue weighted by molar-refractivity contribution is 7.99. The van der Waals surface area contributed by atoms with Gasteiger partial charge in [0.15, 0.2) is 0 Å². The molecule has 0 fully saturated rings. The first-order chi connectivity index (χ1) is 9.69. The second kappa shape index (κ2) is 5.21. The lowest BCUT2D eigenvalue weighted by Gasteiger charge is -2.29. The predicted octanol–water partition coefficient (Wildman–Crippen LogP) is 3.63. The number of methoxy groups -OCH3 is 1. The number of fused-ring (bicyclic) bond motifs is 2. The Bertz CT molecular complexity index is 669. The van der Waals surface area contributed by atoms with Crippen molar-refractivity contribution in [3.05, 3.63) is 48.0 Å². The largest absolute Gasteiger partial charge is 0.469 e. The van der Waals surface area contributed by atoms with Crippen LogP contribution in [0.4, 0.5) is 11.4 Å². The van der Waals surface area contributed by atoms with Gasteiger partial charge in [-0.3, -0.25) is 4.79 Å². The molecule has 0 saturated heterocycles. The molecule has 0 amide bonds. The van der Waals surface area contributed by atoms with E-state index in [1.165, 1.54) is 22.6 Å². The van der Waals surface area contributed by atoms with E-state index in [0.717, 1.165) is 11.3 Å². The Hall–Kier alpha value is -1.94. The molecule has 0 aromatic heterocycles. The van der Waals surface area contributed by atoms with Crippen molar-refractivity contribution in [1.82, 2.24) is 0 Å². The molecule has 0 spiro atoms. The molecule has 0 N–H and O–H groups in total. The van der Waals surface area contributed by atoms with Gasteiger partial charge in [-0.05, 0) is 29.8 Å². The molecule has 0 radical (unpaired) electrons. The minimum absolute atomic E-state index is 0.212. The van der Waals surface area contributed by atoms with Crippen molar-refractivity contribution in [2.75, 3.05) is 19.1 Å². The van der Waals surface area contributed by atoms with Gasteiger partial charge in [-0.15, -0.1) is 0 Å². The van der Waals surface area contributed by atoms with E-state index >= 15 is 0 Å². The van der Waals surface area contributed by atoms with Crippen LogP contribution in [0.15, 0.2) is 52.3 Å². The van der Waals surface area contributed by atoms with Crippen LogP contribution in [0.3, 0.4) is 0 Å². The first kappa shape index (κ1) is 13.1. The Labute approximate surface area is 122 Å². The van der Waals surface area contributed by atoms with Crippen molar-refractivity contribution in [1.29, 1.82) is 0 Å². The maximum atomic E-state index is 11.4. The monoisotopic (exact) mass is 285 g/mol. The van der Waals surface area contributed by atoms with E-state index in [-0.39, 0.29) is 5.97 Å². The van der Waals surface area contributed by atoms with Crippen molar-refractivity contribution >= 4 is 29.1 Å². The number of anilines is 2. The molecule has 1 heterocycles. The Morgan fingerprint density at radius 2 is 1.90 bits per heavy atom. The second-order valence-electron chi connectivity index (χ2n) is 4.68. The second-order valence-corrected chi connectivity index (χ2v) is 5.77. The highest BCUT2D eigenvalue weighted by Gasteiger charge is 2.20. The first-order valence-electron chi connectivity index (χ1n) is 6.39. The number of carbonyl (C=O) groups is 1. The molecule has 3 nitrogen and oxygen atoms in total. The normalized spacial score (nSPS) is 12.6. The minimum Gasteiger partial charge on any atom is -0.469 e. The van der Waals surface area contributed by atoms with Crippen LogP contribution in [-0.4, -0.2) is 20.1 Å². The van der Waals surface area contributed by atoms with Gasteiger partial charge >= 0.3 is 5.97 Å². The van der Waals surface area contributed by atoms with Gasteiger partial charge in [0.1, 0.15) is 0 Å². The number of hydrogen-bond donors (Lipinski definition) is 0. The van der Waals surface area contributed by atoms with E-state index in [9.17, 15) is 4.79 Å². The quantitative estimate of drug-likeness (QED) is 0.788. The standard InChI is InChI=1S/C16H15NO2S/c1-17-12-5-3-4-6-14(12)20-15-8-7-11(9-13(15)17)10-16(18)19-2/h3-9H,10H2,1-2H3. The van der Waals surface area contributed by atoms with E-state index in [4.69, 9.17) is 4.74 Å². The topological polar surface area (TPSA) is 29.5 Å². The molecule has 3 rings (SSSR count). The third-order valence-electron chi connectivity index (χ3n) is 3.41. The number of carbonyl (C=O) groups excluding carboxylic acids is 1. The van der Waals surface area contributed by atoms with Gasteiger partial charge in [0.2, 0.25) is 0 Å². The van der Waals surface area contributed by atoms with Crippen LogP contribution >= 0.6 is 11.8 Å². The molecule has 0 atom stereocenters. The van der Waals surface area contributed by atoms with Gasteiger partial charge in [-0.2, -0.15) is 0 Å². The number of nitrogens with zero attached hydrogens (tertiary/aromatic N) is 1. The molecule has 0 saturated carbocycles. The van der Waals surface area contributed by atoms with Crippen molar-refractivity contribution < 1.29 is 9.53 Å². The number of para-hydroxylation sites is 1. The summed E-state index contributed by atoms with van der Waals surface area (Å²) in [5, 5.41) is 0. The van der Waals surface area contributed by atoms with Crippen LogP contribution in [0, 0.1) is 0 Å². The van der Waals surface area contributed by atoms with Gasteiger partial charge in [-0.25, -0.2) is 0 Å². The van der Waals surface area contributed by atoms with Gasteiger partial charge in [-0.1, -0.05) is 30.0 Å². The fourth-order valence-electron chi connectivity index (χ4n) is 2.33. The summed E-state index contributed by atoms with van der Waals surface area (Å²) in [6, 6.07) is 14.5. The fourth-order valence-corrected chi connectivity index (χ4v) is 3.46. The van der Waals surface area contributed by atoms with E-state index in [1.54, 1.807) is 11.8 Å². The van der Waals surface area contributed by atoms with Crippen LogP contribution in [0.25, 0.3) is 0 Å². The molecule has 0 unspecified atom stereocenters. The average Bonchev–Trinajstić information content (AvgIpc) is 2.48. The van der Waals surface area contributed by atoms with E-state index in [2.05, 4.69) is 42.3 Å². The summed E-state index contributed by atoms with van der Waals surface area (Å²) < 4.78 is 4.72. The van der Waals surface area contributed by atoms with Crippen molar-refractivity contribution in [3.63, 3.8) is 0 Å². The molecule has 0 bridgehead atoms. The zero-order valence-electron chi connectivity index (χ0n) is 11.4. The number of esters is 1. The third-order valence-corrected chi connectivity index (χ3v) is 4.54. The van der Waals surface area contributed by atoms with Gasteiger partial charge < -0.3 is 9.64 Å². The van der Waals surface area contributed by atoms with Crippen molar-refractivity contribution in [2.24, 2.45) is 0 Å². The summed E-state index contributed by atoms with van der Waals surface area (Å²) in [6.45, 7) is 0. The summed E-state index contributed by atoms with van der Waals surface area (Å²) in [5.41, 5.74) is 3.30. The van der Waals surface area contributed by atoms with E-state index < -0.39 is 0 Å². The van der Waals surface area contributed by atoms with Crippen LogP contribution in [0.1, 0.15) is 5.56 Å². The lowest BCUT2D eigenvalue weighted by Crippen LogP contribution is -2.15. The Balaban J connectivity index is 1.97. The minimum atomic E-state index is -0.212.